The fourth-order valence-electron chi connectivity index (χ4n) is 1.50. The summed E-state index contributed by atoms with van der Waals surface area (Å²) in [4.78, 5) is 7.52. The van der Waals surface area contributed by atoms with Gasteiger partial charge in [-0.25, -0.2) is 0 Å². The summed E-state index contributed by atoms with van der Waals surface area (Å²) in [6, 6.07) is 4.73. The van der Waals surface area contributed by atoms with Gasteiger partial charge in [-0.2, -0.15) is 4.98 Å². The molecule has 1 aromatic carbocycles. The van der Waals surface area contributed by atoms with E-state index in [1.165, 1.54) is 11.1 Å². The average molecular weight is 190 g/mol. The van der Waals surface area contributed by atoms with E-state index in [1.807, 2.05) is 13.0 Å². The predicted octanol–water partition coefficient (Wildman–Crippen LogP) is 2.58. The van der Waals surface area contributed by atoms with Gasteiger partial charge in [0.2, 0.25) is 0 Å². The molecule has 3 nitrogen and oxygen atoms in total. The Morgan fingerprint density at radius 2 is 2.14 bits per heavy atom. The Hall–Kier alpha value is -1.51. The highest BCUT2D eigenvalue weighted by Crippen LogP contribution is 2.21. The third kappa shape index (κ3) is 1.35. The number of imidazole rings is 1. The highest BCUT2D eigenvalue weighted by molar-refractivity contribution is 5.80. The maximum absolute atomic E-state index is 5.32. The Bertz CT molecular complexity index is 460. The van der Waals surface area contributed by atoms with Crippen LogP contribution in [0.2, 0.25) is 0 Å². The SMILES string of the molecule is CCOc1nc2c(C)c(C)ccc2[nH]1. The molecule has 0 aliphatic heterocycles. The first-order valence-electron chi connectivity index (χ1n) is 4.81. The molecular weight excluding hydrogens is 176 g/mol. The number of H-pyrrole nitrogens is 1. The second-order valence-electron chi connectivity index (χ2n) is 3.38. The number of benzene rings is 1. The summed E-state index contributed by atoms with van der Waals surface area (Å²) in [6.07, 6.45) is 0. The van der Waals surface area contributed by atoms with Crippen LogP contribution in [-0.2, 0) is 0 Å². The summed E-state index contributed by atoms with van der Waals surface area (Å²) in [5.41, 5.74) is 4.52. The van der Waals surface area contributed by atoms with Gasteiger partial charge in [0.15, 0.2) is 0 Å². The van der Waals surface area contributed by atoms with E-state index >= 15 is 0 Å². The van der Waals surface area contributed by atoms with Gasteiger partial charge in [-0.1, -0.05) is 6.07 Å². The molecule has 0 saturated heterocycles. The summed E-state index contributed by atoms with van der Waals surface area (Å²) < 4.78 is 5.32. The Balaban J connectivity index is 2.59. The molecule has 0 spiro atoms. The number of ether oxygens (including phenoxy) is 1. The van der Waals surface area contributed by atoms with Gasteiger partial charge < -0.3 is 9.72 Å². The molecule has 14 heavy (non-hydrogen) atoms. The molecule has 1 aromatic heterocycles. The van der Waals surface area contributed by atoms with Gasteiger partial charge in [-0.05, 0) is 38.0 Å². The van der Waals surface area contributed by atoms with E-state index < -0.39 is 0 Å². The quantitative estimate of drug-likeness (QED) is 0.790. The number of rotatable bonds is 2. The van der Waals surface area contributed by atoms with Crippen LogP contribution in [0.3, 0.4) is 0 Å². The van der Waals surface area contributed by atoms with Gasteiger partial charge in [0.1, 0.15) is 0 Å². The minimum Gasteiger partial charge on any atom is -0.465 e. The van der Waals surface area contributed by atoms with Crippen LogP contribution in [0.25, 0.3) is 11.0 Å². The zero-order valence-electron chi connectivity index (χ0n) is 8.72. The summed E-state index contributed by atoms with van der Waals surface area (Å²) in [5.74, 6) is 0. The number of aromatic amines is 1. The van der Waals surface area contributed by atoms with E-state index in [1.54, 1.807) is 0 Å². The molecular formula is C11H14N2O. The lowest BCUT2D eigenvalue weighted by molar-refractivity contribution is 0.317. The van der Waals surface area contributed by atoms with E-state index in [0.717, 1.165) is 11.0 Å². The van der Waals surface area contributed by atoms with Gasteiger partial charge >= 0.3 is 0 Å². The molecule has 0 atom stereocenters. The molecule has 0 bridgehead atoms. The lowest BCUT2D eigenvalue weighted by Gasteiger charge is -1.97. The van der Waals surface area contributed by atoms with Crippen molar-refractivity contribution in [2.24, 2.45) is 0 Å². The maximum atomic E-state index is 5.32. The predicted molar refractivity (Wildman–Crippen MR) is 56.7 cm³/mol. The number of nitrogens with zero attached hydrogens (tertiary/aromatic N) is 1. The van der Waals surface area contributed by atoms with E-state index in [-0.39, 0.29) is 0 Å². The minimum absolute atomic E-state index is 0.608. The fraction of sp³-hybridized carbons (Fsp3) is 0.364. The second-order valence-corrected chi connectivity index (χ2v) is 3.38. The minimum atomic E-state index is 0.608. The van der Waals surface area contributed by atoms with Crippen LogP contribution < -0.4 is 4.74 Å². The monoisotopic (exact) mass is 190 g/mol. The molecule has 2 rings (SSSR count). The smallest absolute Gasteiger partial charge is 0.294 e. The van der Waals surface area contributed by atoms with Crippen molar-refractivity contribution in [2.45, 2.75) is 20.8 Å². The molecule has 0 fully saturated rings. The van der Waals surface area contributed by atoms with E-state index in [9.17, 15) is 0 Å². The molecule has 74 valence electrons. The lowest BCUT2D eigenvalue weighted by atomic mass is 10.1. The normalized spacial score (nSPS) is 10.8. The molecule has 0 aliphatic rings. The molecule has 2 aromatic rings. The Labute approximate surface area is 83.1 Å². The molecule has 0 aliphatic carbocycles. The maximum Gasteiger partial charge on any atom is 0.294 e. The number of nitrogens with one attached hydrogen (secondary N) is 1. The van der Waals surface area contributed by atoms with Crippen LogP contribution in [0.15, 0.2) is 12.1 Å². The first-order chi connectivity index (χ1) is 6.72. The molecule has 0 radical (unpaired) electrons. The topological polar surface area (TPSA) is 37.9 Å². The zero-order chi connectivity index (χ0) is 10.1. The van der Waals surface area contributed by atoms with Crippen molar-refractivity contribution >= 4 is 11.0 Å². The summed E-state index contributed by atoms with van der Waals surface area (Å²) >= 11 is 0. The molecule has 1 N–H and O–H groups in total. The van der Waals surface area contributed by atoms with E-state index in [0.29, 0.717) is 12.6 Å². The van der Waals surface area contributed by atoms with Crippen molar-refractivity contribution in [3.05, 3.63) is 23.3 Å². The van der Waals surface area contributed by atoms with Gasteiger partial charge in [0, 0.05) is 0 Å². The number of fused-ring (bicyclic) bond motifs is 1. The zero-order valence-corrected chi connectivity index (χ0v) is 8.72. The van der Waals surface area contributed by atoms with Crippen LogP contribution in [0.1, 0.15) is 18.1 Å². The van der Waals surface area contributed by atoms with Crippen molar-refractivity contribution in [2.75, 3.05) is 6.61 Å². The Morgan fingerprint density at radius 1 is 1.36 bits per heavy atom. The van der Waals surface area contributed by atoms with Crippen LogP contribution in [0, 0.1) is 13.8 Å². The van der Waals surface area contributed by atoms with Gasteiger partial charge in [0.05, 0.1) is 17.6 Å². The lowest BCUT2D eigenvalue weighted by Crippen LogP contribution is -1.92. The third-order valence-corrected chi connectivity index (χ3v) is 2.44. The first kappa shape index (κ1) is 9.06. The Morgan fingerprint density at radius 3 is 2.86 bits per heavy atom. The standard InChI is InChI=1S/C11H14N2O/c1-4-14-11-12-9-6-5-7(2)8(3)10(9)13-11/h5-6H,4H2,1-3H3,(H,12,13). The third-order valence-electron chi connectivity index (χ3n) is 2.44. The number of aryl methyl sites for hydroxylation is 2. The second kappa shape index (κ2) is 3.33. The number of hydrogen-bond donors (Lipinski definition) is 1. The van der Waals surface area contributed by atoms with E-state index in [4.69, 9.17) is 4.74 Å². The fourth-order valence-corrected chi connectivity index (χ4v) is 1.50. The molecule has 0 amide bonds. The van der Waals surface area contributed by atoms with Crippen molar-refractivity contribution < 1.29 is 4.74 Å². The summed E-state index contributed by atoms with van der Waals surface area (Å²) in [6.45, 7) is 6.75. The van der Waals surface area contributed by atoms with Crippen LogP contribution in [0.4, 0.5) is 0 Å². The van der Waals surface area contributed by atoms with Crippen LogP contribution in [-0.4, -0.2) is 16.6 Å². The van der Waals surface area contributed by atoms with Gasteiger partial charge in [-0.3, -0.25) is 0 Å². The van der Waals surface area contributed by atoms with Crippen LogP contribution >= 0.6 is 0 Å². The van der Waals surface area contributed by atoms with E-state index in [2.05, 4.69) is 29.9 Å². The van der Waals surface area contributed by atoms with Crippen LogP contribution in [0.5, 0.6) is 6.01 Å². The molecule has 0 saturated carbocycles. The number of hydrogen-bond acceptors (Lipinski definition) is 2. The molecule has 1 heterocycles. The average Bonchev–Trinajstić information content (AvgIpc) is 2.56. The summed E-state index contributed by atoms with van der Waals surface area (Å²) in [5, 5.41) is 0. The van der Waals surface area contributed by atoms with Crippen molar-refractivity contribution in [1.82, 2.24) is 9.97 Å². The van der Waals surface area contributed by atoms with Gasteiger partial charge in [-0.15, -0.1) is 0 Å². The van der Waals surface area contributed by atoms with Crippen molar-refractivity contribution in [3.63, 3.8) is 0 Å². The van der Waals surface area contributed by atoms with Crippen molar-refractivity contribution in [1.29, 1.82) is 0 Å². The van der Waals surface area contributed by atoms with Crippen molar-refractivity contribution in [3.8, 4) is 6.01 Å². The number of aromatic nitrogens is 2. The highest BCUT2D eigenvalue weighted by atomic mass is 16.5. The molecule has 0 unspecified atom stereocenters. The largest absolute Gasteiger partial charge is 0.465 e. The summed E-state index contributed by atoms with van der Waals surface area (Å²) in [7, 11) is 0. The van der Waals surface area contributed by atoms with Gasteiger partial charge in [0.25, 0.3) is 6.01 Å². The Kier molecular flexibility index (Phi) is 2.15. The first-order valence-corrected chi connectivity index (χ1v) is 4.81. The molecule has 3 heteroatoms. The highest BCUT2D eigenvalue weighted by Gasteiger charge is 2.06.